The average molecular weight is 162 g/mol. The van der Waals surface area contributed by atoms with E-state index >= 15 is 0 Å². The summed E-state index contributed by atoms with van der Waals surface area (Å²) in [6.07, 6.45) is 3.33. The predicted octanol–water partition coefficient (Wildman–Crippen LogP) is 1.25. The van der Waals surface area contributed by atoms with E-state index in [-0.39, 0.29) is 0 Å². The first-order valence-corrected chi connectivity index (χ1v) is 3.93. The molecule has 0 aromatic carbocycles. The van der Waals surface area contributed by atoms with E-state index in [0.29, 0.717) is 5.92 Å². The Kier molecular flexibility index (Phi) is 1.53. The van der Waals surface area contributed by atoms with E-state index in [1.54, 1.807) is 0 Å². The maximum absolute atomic E-state index is 4.11. The summed E-state index contributed by atoms with van der Waals surface area (Å²) in [6, 6.07) is 2.00. The van der Waals surface area contributed by atoms with E-state index < -0.39 is 0 Å². The van der Waals surface area contributed by atoms with Gasteiger partial charge in [0, 0.05) is 0 Å². The maximum atomic E-state index is 4.11. The van der Waals surface area contributed by atoms with Crippen LogP contribution < -0.4 is 0 Å². The van der Waals surface area contributed by atoms with Crippen LogP contribution in [0.3, 0.4) is 0 Å². The van der Waals surface area contributed by atoms with Gasteiger partial charge in [0.25, 0.3) is 0 Å². The molecule has 0 unspecified atom stereocenters. The highest BCUT2D eigenvalue weighted by Gasteiger charge is 2.01. The third kappa shape index (κ3) is 1.05. The molecule has 0 aliphatic carbocycles. The van der Waals surface area contributed by atoms with Crippen molar-refractivity contribution in [1.29, 1.82) is 0 Å². The molecule has 0 N–H and O–H groups in total. The number of nitrogens with zero attached hydrogens (tertiary/aromatic N) is 4. The minimum Gasteiger partial charge on any atom is -0.213 e. The molecule has 0 bridgehead atoms. The van der Waals surface area contributed by atoms with Crippen LogP contribution in [-0.4, -0.2) is 19.8 Å². The van der Waals surface area contributed by atoms with Gasteiger partial charge in [-0.3, -0.25) is 0 Å². The van der Waals surface area contributed by atoms with Crippen LogP contribution in [0, 0.1) is 0 Å². The summed E-state index contributed by atoms with van der Waals surface area (Å²) in [7, 11) is 0. The van der Waals surface area contributed by atoms with Crippen LogP contribution in [0.2, 0.25) is 0 Å². The predicted molar refractivity (Wildman–Crippen MR) is 44.9 cm³/mol. The van der Waals surface area contributed by atoms with Crippen molar-refractivity contribution in [2.45, 2.75) is 19.8 Å². The molecule has 0 spiro atoms. The van der Waals surface area contributed by atoms with Crippen molar-refractivity contribution in [2.24, 2.45) is 0 Å². The number of fused-ring (bicyclic) bond motifs is 1. The van der Waals surface area contributed by atoms with Crippen LogP contribution in [0.1, 0.15) is 25.3 Å². The van der Waals surface area contributed by atoms with Crippen molar-refractivity contribution in [3.63, 3.8) is 0 Å². The zero-order valence-electron chi connectivity index (χ0n) is 7.10. The van der Waals surface area contributed by atoms with Crippen LogP contribution in [0.4, 0.5) is 0 Å². The number of rotatable bonds is 1. The summed E-state index contributed by atoms with van der Waals surface area (Å²) < 4.78 is 1.52. The van der Waals surface area contributed by atoms with Crippen LogP contribution in [0.15, 0.2) is 18.6 Å². The Bertz CT molecular complexity index is 391. The molecular weight excluding hydrogens is 152 g/mol. The summed E-state index contributed by atoms with van der Waals surface area (Å²) in [5.41, 5.74) is 2.00. The minimum atomic E-state index is 0.485. The van der Waals surface area contributed by atoms with Gasteiger partial charge in [0.2, 0.25) is 0 Å². The molecule has 0 aliphatic heterocycles. The fraction of sp³-hybridized carbons (Fsp3) is 0.375. The Morgan fingerprint density at radius 3 is 2.92 bits per heavy atom. The zero-order chi connectivity index (χ0) is 8.55. The molecule has 2 aromatic heterocycles. The smallest absolute Gasteiger partial charge is 0.176 e. The summed E-state index contributed by atoms with van der Waals surface area (Å²) in [5.74, 6) is 0.485. The molecule has 2 heterocycles. The number of hydrogen-bond acceptors (Lipinski definition) is 3. The van der Waals surface area contributed by atoms with Crippen LogP contribution >= 0.6 is 0 Å². The molecule has 2 aromatic rings. The maximum Gasteiger partial charge on any atom is 0.176 e. The third-order valence-electron chi connectivity index (χ3n) is 1.83. The fourth-order valence-electron chi connectivity index (χ4n) is 1.05. The monoisotopic (exact) mass is 162 g/mol. The molecule has 62 valence electrons. The summed E-state index contributed by atoms with van der Waals surface area (Å²) in [4.78, 5) is 4.05. The average Bonchev–Trinajstić information content (AvgIpc) is 2.49. The van der Waals surface area contributed by atoms with Crippen molar-refractivity contribution >= 4 is 5.65 Å². The molecule has 4 heteroatoms. The highest BCUT2D eigenvalue weighted by molar-refractivity contribution is 5.37. The van der Waals surface area contributed by atoms with Crippen molar-refractivity contribution in [2.75, 3.05) is 0 Å². The Morgan fingerprint density at radius 2 is 2.17 bits per heavy atom. The van der Waals surface area contributed by atoms with Crippen molar-refractivity contribution < 1.29 is 0 Å². The second kappa shape index (κ2) is 2.55. The summed E-state index contributed by atoms with van der Waals surface area (Å²) in [5, 5.41) is 8.02. The van der Waals surface area contributed by atoms with Gasteiger partial charge in [0.05, 0.1) is 6.20 Å². The largest absolute Gasteiger partial charge is 0.213 e. The van der Waals surface area contributed by atoms with Crippen LogP contribution in [-0.2, 0) is 0 Å². The van der Waals surface area contributed by atoms with Gasteiger partial charge in [0.15, 0.2) is 5.65 Å². The van der Waals surface area contributed by atoms with Crippen molar-refractivity contribution in [3.8, 4) is 0 Å². The molecule has 0 radical (unpaired) electrons. The van der Waals surface area contributed by atoms with Gasteiger partial charge >= 0.3 is 0 Å². The molecule has 0 saturated carbocycles. The molecule has 4 nitrogen and oxygen atoms in total. The molecule has 2 rings (SSSR count). The van der Waals surface area contributed by atoms with Gasteiger partial charge in [-0.25, -0.2) is 4.98 Å². The minimum absolute atomic E-state index is 0.485. The Labute approximate surface area is 70.2 Å². The standard InChI is InChI=1S/C8H10N4/c1-6(2)7-3-8-9-5-11-12(8)10-4-7/h3-6H,1-2H3. The Hall–Kier alpha value is -1.45. The lowest BCUT2D eigenvalue weighted by Gasteiger charge is -2.02. The SMILES string of the molecule is CC(C)c1cnn2ncnc2c1. The molecular formula is C8H10N4. The van der Waals surface area contributed by atoms with Crippen molar-refractivity contribution in [1.82, 2.24) is 19.8 Å². The first kappa shape index (κ1) is 7.21. The second-order valence-electron chi connectivity index (χ2n) is 3.05. The van der Waals surface area contributed by atoms with Gasteiger partial charge in [-0.05, 0) is 17.5 Å². The van der Waals surface area contributed by atoms with Gasteiger partial charge in [-0.15, -0.1) is 9.73 Å². The van der Waals surface area contributed by atoms with E-state index in [4.69, 9.17) is 0 Å². The molecule has 0 atom stereocenters. The highest BCUT2D eigenvalue weighted by Crippen LogP contribution is 2.12. The van der Waals surface area contributed by atoms with Crippen LogP contribution in [0.25, 0.3) is 5.65 Å². The lowest BCUT2D eigenvalue weighted by Crippen LogP contribution is -1.96. The first-order valence-electron chi connectivity index (χ1n) is 3.93. The normalized spacial score (nSPS) is 11.2. The summed E-state index contributed by atoms with van der Waals surface area (Å²) in [6.45, 7) is 4.26. The molecule has 0 saturated heterocycles. The Morgan fingerprint density at radius 1 is 1.33 bits per heavy atom. The third-order valence-corrected chi connectivity index (χ3v) is 1.83. The molecule has 0 aliphatic rings. The quantitative estimate of drug-likeness (QED) is 0.633. The van der Waals surface area contributed by atoms with E-state index in [2.05, 4.69) is 29.0 Å². The first-order chi connectivity index (χ1) is 5.77. The van der Waals surface area contributed by atoms with E-state index in [1.807, 2.05) is 12.3 Å². The second-order valence-corrected chi connectivity index (χ2v) is 3.05. The van der Waals surface area contributed by atoms with Crippen LogP contribution in [0.5, 0.6) is 0 Å². The van der Waals surface area contributed by atoms with Gasteiger partial charge in [-0.1, -0.05) is 13.8 Å². The highest BCUT2D eigenvalue weighted by atomic mass is 15.4. The van der Waals surface area contributed by atoms with Gasteiger partial charge < -0.3 is 0 Å². The number of hydrogen-bond donors (Lipinski definition) is 0. The van der Waals surface area contributed by atoms with E-state index in [0.717, 1.165) is 5.65 Å². The number of aromatic nitrogens is 4. The van der Waals surface area contributed by atoms with Gasteiger partial charge in [-0.2, -0.15) is 5.10 Å². The lowest BCUT2D eigenvalue weighted by molar-refractivity contribution is 0.770. The van der Waals surface area contributed by atoms with Gasteiger partial charge in [0.1, 0.15) is 6.33 Å². The van der Waals surface area contributed by atoms with Crippen molar-refractivity contribution in [3.05, 3.63) is 24.2 Å². The fourth-order valence-corrected chi connectivity index (χ4v) is 1.05. The molecule has 12 heavy (non-hydrogen) atoms. The Balaban J connectivity index is 2.60. The van der Waals surface area contributed by atoms with E-state index in [1.165, 1.54) is 16.5 Å². The summed E-state index contributed by atoms with van der Waals surface area (Å²) >= 11 is 0. The topological polar surface area (TPSA) is 43.1 Å². The zero-order valence-corrected chi connectivity index (χ0v) is 7.10. The lowest BCUT2D eigenvalue weighted by atomic mass is 10.1. The van der Waals surface area contributed by atoms with E-state index in [9.17, 15) is 0 Å². The molecule has 0 amide bonds. The molecule has 0 fully saturated rings.